The van der Waals surface area contributed by atoms with E-state index in [1.165, 1.54) is 0 Å². The molecule has 0 bridgehead atoms. The van der Waals surface area contributed by atoms with Crippen LogP contribution in [0, 0.1) is 0 Å². The Labute approximate surface area is 126 Å². The summed E-state index contributed by atoms with van der Waals surface area (Å²) in [6.07, 6.45) is 0. The van der Waals surface area contributed by atoms with Crippen molar-refractivity contribution in [1.82, 2.24) is 0 Å². The minimum absolute atomic E-state index is 0.0853. The zero-order valence-corrected chi connectivity index (χ0v) is 15.9. The van der Waals surface area contributed by atoms with Crippen LogP contribution < -0.4 is 0 Å². The molecule has 0 atom stereocenters. The van der Waals surface area contributed by atoms with Crippen LogP contribution in [0.2, 0.25) is 0 Å². The first-order chi connectivity index (χ1) is 9.67. The maximum absolute atomic E-state index is 5.76. The van der Waals surface area contributed by atoms with E-state index in [-0.39, 0.29) is 5.91 Å². The van der Waals surface area contributed by atoms with Gasteiger partial charge in [-0.25, -0.2) is 0 Å². The van der Waals surface area contributed by atoms with E-state index in [4.69, 9.17) is 22.8 Å². The maximum Gasteiger partial charge on any atom is 0.528 e. The molecule has 0 rings (SSSR count). The van der Waals surface area contributed by atoms with Crippen LogP contribution in [0.4, 0.5) is 0 Å². The zero-order valence-electron chi connectivity index (χ0n) is 13.5. The zero-order chi connectivity index (χ0) is 15.3. The van der Waals surface area contributed by atoms with Crippen LogP contribution in [0.5, 0.6) is 0 Å². The maximum atomic E-state index is 5.76. The van der Waals surface area contributed by atoms with Crippen LogP contribution in [-0.4, -0.2) is 57.3 Å². The molecular weight excluding hydrogens is 292 g/mol. The second-order valence-corrected chi connectivity index (χ2v) is 7.90. The Bertz CT molecular complexity index is 228. The second-order valence-electron chi connectivity index (χ2n) is 3.88. The molecule has 7 heteroatoms. The van der Waals surface area contributed by atoms with Gasteiger partial charge in [0.2, 0.25) is 0 Å². The third-order valence-corrected chi connectivity index (χ3v) is 6.94. The van der Waals surface area contributed by atoms with Gasteiger partial charge in [-0.15, -0.1) is 0 Å². The minimum Gasteiger partial charge on any atom is -0.371 e. The van der Waals surface area contributed by atoms with Crippen LogP contribution in [0.1, 0.15) is 34.6 Å². The van der Waals surface area contributed by atoms with Crippen molar-refractivity contribution in [1.29, 1.82) is 0 Å². The summed E-state index contributed by atoms with van der Waals surface area (Å²) >= 11 is 0. The van der Waals surface area contributed by atoms with Crippen LogP contribution >= 0.6 is 0 Å². The fourth-order valence-corrected chi connectivity index (χ4v) is 6.16. The molecule has 0 amide bonds. The van der Waals surface area contributed by atoms with Gasteiger partial charge in [-0.1, -0.05) is 5.70 Å². The molecule has 0 heterocycles. The average Bonchev–Trinajstić information content (AvgIpc) is 2.40. The van der Waals surface area contributed by atoms with Crippen LogP contribution in [-0.2, 0) is 22.8 Å². The molecule has 0 radical (unpaired) electrons. The van der Waals surface area contributed by atoms with Crippen molar-refractivity contribution in [3.05, 3.63) is 11.4 Å². The van der Waals surface area contributed by atoms with E-state index in [1.807, 2.05) is 40.3 Å². The Balaban J connectivity index is 4.62. The lowest BCUT2D eigenvalue weighted by atomic mass is 10.8. The monoisotopic (exact) mass is 322 g/mol. The van der Waals surface area contributed by atoms with Gasteiger partial charge in [-0.2, -0.15) is 0 Å². The second kappa shape index (κ2) is 12.7. The molecule has 20 heavy (non-hydrogen) atoms. The topological polar surface area (TPSA) is 46.2 Å². The molecule has 0 fully saturated rings. The average molecular weight is 323 g/mol. The van der Waals surface area contributed by atoms with Crippen molar-refractivity contribution in [2.75, 3.05) is 33.0 Å². The van der Waals surface area contributed by atoms with Crippen molar-refractivity contribution in [3.63, 3.8) is 0 Å². The Morgan fingerprint density at radius 3 is 1.60 bits per heavy atom. The first kappa shape index (κ1) is 20.0. The van der Waals surface area contributed by atoms with Gasteiger partial charge in [-0.05, 0) is 40.3 Å². The normalized spacial score (nSPS) is 13.3. The minimum atomic E-state index is -2.67. The van der Waals surface area contributed by atoms with Crippen LogP contribution in [0.15, 0.2) is 11.4 Å². The number of hydrogen-bond acceptors (Lipinski definition) is 5. The Morgan fingerprint density at radius 2 is 1.25 bits per heavy atom. The summed E-state index contributed by atoms with van der Waals surface area (Å²) in [5.41, 5.74) is 4.10. The van der Waals surface area contributed by atoms with Crippen molar-refractivity contribution in [2.24, 2.45) is 0 Å². The fraction of sp³-hybridized carbons (Fsp3) is 0.846. The molecule has 0 N–H and O–H groups in total. The molecule has 0 spiro atoms. The van der Waals surface area contributed by atoms with Crippen LogP contribution in [0.25, 0.3) is 0 Å². The Hall–Kier alpha value is -0.0262. The van der Waals surface area contributed by atoms with Gasteiger partial charge in [0.05, 0.1) is 0 Å². The van der Waals surface area contributed by atoms with Crippen molar-refractivity contribution >= 4 is 18.3 Å². The summed E-state index contributed by atoms with van der Waals surface area (Å²) in [4.78, 5) is 0. The third-order valence-electron chi connectivity index (χ3n) is 2.39. The first-order valence-electron chi connectivity index (χ1n) is 7.50. The first-order valence-corrected chi connectivity index (χ1v) is 10.9. The lowest BCUT2D eigenvalue weighted by Gasteiger charge is -2.25. The van der Waals surface area contributed by atoms with E-state index in [2.05, 4.69) is 5.70 Å². The number of rotatable bonds is 13. The highest BCUT2D eigenvalue weighted by Gasteiger charge is 2.37. The molecule has 0 aromatic rings. The van der Waals surface area contributed by atoms with E-state index in [0.29, 0.717) is 33.0 Å². The highest BCUT2D eigenvalue weighted by molar-refractivity contribution is 6.67. The predicted molar refractivity (Wildman–Crippen MR) is 85.4 cm³/mol. The summed E-state index contributed by atoms with van der Waals surface area (Å²) in [6, 6.07) is 0. The summed E-state index contributed by atoms with van der Waals surface area (Å²) in [5.74, 6) is -0.0853. The van der Waals surface area contributed by atoms with Crippen LogP contribution in [0.3, 0.4) is 0 Å². The summed E-state index contributed by atoms with van der Waals surface area (Å²) < 4.78 is 28.4. The molecule has 0 aliphatic rings. The fourth-order valence-electron chi connectivity index (χ4n) is 1.75. The summed E-state index contributed by atoms with van der Waals surface area (Å²) in [5, 5.41) is 0. The SMILES string of the molecule is CCOC(OCC)[SiH2]C=C[Si](OCC)(OCC)OCC. The molecule has 120 valence electrons. The Kier molecular flexibility index (Phi) is 12.7. The van der Waals surface area contributed by atoms with Gasteiger partial charge in [0.15, 0.2) is 0 Å². The van der Waals surface area contributed by atoms with E-state index in [1.54, 1.807) is 0 Å². The molecule has 0 aliphatic heterocycles. The smallest absolute Gasteiger partial charge is 0.371 e. The number of ether oxygens (including phenoxy) is 2. The molecule has 0 aromatic carbocycles. The lowest BCUT2D eigenvalue weighted by molar-refractivity contribution is -0.0818. The highest BCUT2D eigenvalue weighted by atomic mass is 28.4. The van der Waals surface area contributed by atoms with E-state index >= 15 is 0 Å². The predicted octanol–water partition coefficient (Wildman–Crippen LogP) is 1.61. The number of hydrogen-bond donors (Lipinski definition) is 0. The molecule has 0 aliphatic carbocycles. The molecule has 0 saturated carbocycles. The molecule has 0 unspecified atom stereocenters. The summed E-state index contributed by atoms with van der Waals surface area (Å²) in [7, 11) is -3.32. The molecular formula is C13H30O5Si2. The quantitative estimate of drug-likeness (QED) is 0.381. The van der Waals surface area contributed by atoms with E-state index in [0.717, 1.165) is 0 Å². The van der Waals surface area contributed by atoms with Gasteiger partial charge in [0.1, 0.15) is 15.4 Å². The van der Waals surface area contributed by atoms with E-state index in [9.17, 15) is 0 Å². The van der Waals surface area contributed by atoms with Crippen molar-refractivity contribution in [2.45, 2.75) is 40.5 Å². The lowest BCUT2D eigenvalue weighted by Crippen LogP contribution is -2.44. The van der Waals surface area contributed by atoms with Crippen molar-refractivity contribution < 1.29 is 22.8 Å². The van der Waals surface area contributed by atoms with Gasteiger partial charge >= 0.3 is 8.80 Å². The molecule has 0 saturated heterocycles. The standard InChI is InChI=1S/C13H30O5Si2/c1-6-14-13(15-7-2)19-11-12-20(16-8-3,17-9-4)18-10-5/h11-13H,6-10,19H2,1-5H3. The Morgan fingerprint density at radius 1 is 0.800 bits per heavy atom. The van der Waals surface area contributed by atoms with Gasteiger partial charge in [0.25, 0.3) is 0 Å². The van der Waals surface area contributed by atoms with Crippen molar-refractivity contribution in [3.8, 4) is 0 Å². The third kappa shape index (κ3) is 8.30. The van der Waals surface area contributed by atoms with Gasteiger partial charge in [-0.3, -0.25) is 0 Å². The van der Waals surface area contributed by atoms with Gasteiger partial charge < -0.3 is 22.8 Å². The highest BCUT2D eigenvalue weighted by Crippen LogP contribution is 2.12. The molecule has 0 aromatic heterocycles. The van der Waals surface area contributed by atoms with Gasteiger partial charge in [0, 0.05) is 33.0 Å². The summed E-state index contributed by atoms with van der Waals surface area (Å²) in [6.45, 7) is 12.9. The van der Waals surface area contributed by atoms with E-state index < -0.39 is 18.3 Å². The largest absolute Gasteiger partial charge is 0.528 e. The molecule has 5 nitrogen and oxygen atoms in total.